The van der Waals surface area contributed by atoms with Crippen molar-refractivity contribution in [3.8, 4) is 5.75 Å². The lowest BCUT2D eigenvalue weighted by Gasteiger charge is -2.19. The number of amides is 2. The van der Waals surface area contributed by atoms with Crippen LogP contribution in [0.3, 0.4) is 0 Å². The fraction of sp³-hybridized carbons (Fsp3) is 0.250. The molecule has 3 rings (SSSR count). The van der Waals surface area contributed by atoms with Crippen LogP contribution in [0.1, 0.15) is 19.4 Å². The van der Waals surface area contributed by atoms with Crippen LogP contribution in [0.5, 0.6) is 5.75 Å². The lowest BCUT2D eigenvalue weighted by atomic mass is 10.0. The number of carbonyl (C=O) groups is 3. The van der Waals surface area contributed by atoms with E-state index in [0.717, 1.165) is 38.7 Å². The summed E-state index contributed by atoms with van der Waals surface area (Å²) >= 11 is 0.818. The van der Waals surface area contributed by atoms with E-state index in [1.807, 2.05) is 36.4 Å². The molecule has 0 bridgehead atoms. The molecule has 2 aromatic rings. The predicted molar refractivity (Wildman–Crippen MR) is 104 cm³/mol. The Morgan fingerprint density at radius 3 is 2.56 bits per heavy atom. The van der Waals surface area contributed by atoms with E-state index in [1.54, 1.807) is 20.1 Å². The first-order valence-corrected chi connectivity index (χ1v) is 9.29. The van der Waals surface area contributed by atoms with Gasteiger partial charge < -0.3 is 9.47 Å². The third kappa shape index (κ3) is 3.55. The summed E-state index contributed by atoms with van der Waals surface area (Å²) in [6.45, 7) is 3.35. The number of esters is 1. The fourth-order valence-corrected chi connectivity index (χ4v) is 3.82. The summed E-state index contributed by atoms with van der Waals surface area (Å²) < 4.78 is 10.3. The highest BCUT2D eigenvalue weighted by Gasteiger charge is 2.41. The number of ether oxygens (including phenoxy) is 2. The van der Waals surface area contributed by atoms with E-state index < -0.39 is 23.2 Å². The lowest BCUT2D eigenvalue weighted by molar-refractivity contribution is -0.150. The fourth-order valence-electron chi connectivity index (χ4n) is 2.92. The van der Waals surface area contributed by atoms with Gasteiger partial charge in [0.15, 0.2) is 0 Å². The van der Waals surface area contributed by atoms with E-state index in [9.17, 15) is 14.4 Å². The Hall–Kier alpha value is -2.80. The van der Waals surface area contributed by atoms with Crippen molar-refractivity contribution in [2.24, 2.45) is 0 Å². The molecular formula is C20H19NO5S. The molecular weight excluding hydrogens is 366 g/mol. The largest absolute Gasteiger partial charge is 0.496 e. The van der Waals surface area contributed by atoms with Crippen LogP contribution in [-0.4, -0.2) is 41.8 Å². The van der Waals surface area contributed by atoms with Gasteiger partial charge in [-0.05, 0) is 48.7 Å². The number of benzene rings is 2. The molecule has 1 heterocycles. The van der Waals surface area contributed by atoms with Crippen LogP contribution in [0.2, 0.25) is 0 Å². The minimum atomic E-state index is -0.962. The van der Waals surface area contributed by atoms with Gasteiger partial charge in [-0.15, -0.1) is 0 Å². The smallest absolute Gasteiger partial charge is 0.329 e. The second-order valence-electron chi connectivity index (χ2n) is 5.88. The van der Waals surface area contributed by atoms with Crippen LogP contribution in [0.25, 0.3) is 16.8 Å². The molecule has 1 atom stereocenters. The standard InChI is InChI=1S/C20H19NO5S/c1-4-26-19(23)12(2)21-18(22)17(27-20(21)24)11-13-9-10-16(25-3)15-8-6-5-7-14(13)15/h5-12H,4H2,1-3H3/b17-11-/t12-/m0/s1. The van der Waals surface area contributed by atoms with Crippen molar-refractivity contribution < 1.29 is 23.9 Å². The number of nitrogens with zero attached hydrogens (tertiary/aromatic N) is 1. The first kappa shape index (κ1) is 19.0. The number of hydrogen-bond acceptors (Lipinski definition) is 6. The molecule has 6 nitrogen and oxygen atoms in total. The number of carbonyl (C=O) groups excluding carboxylic acids is 3. The molecule has 27 heavy (non-hydrogen) atoms. The first-order valence-electron chi connectivity index (χ1n) is 8.47. The van der Waals surface area contributed by atoms with Gasteiger partial charge in [-0.1, -0.05) is 30.3 Å². The Morgan fingerprint density at radius 2 is 1.89 bits per heavy atom. The van der Waals surface area contributed by atoms with E-state index in [1.165, 1.54) is 6.92 Å². The number of fused-ring (bicyclic) bond motifs is 1. The molecule has 1 saturated heterocycles. The van der Waals surface area contributed by atoms with Crippen molar-refractivity contribution in [1.82, 2.24) is 4.90 Å². The summed E-state index contributed by atoms with van der Waals surface area (Å²) in [5, 5.41) is 1.33. The SMILES string of the molecule is CCOC(=O)[C@H](C)N1C(=O)S/C(=C\c2ccc(OC)c3ccccc23)C1=O. The molecule has 2 amide bonds. The molecule has 2 aromatic carbocycles. The molecule has 1 aliphatic rings. The van der Waals surface area contributed by atoms with Crippen molar-refractivity contribution in [3.05, 3.63) is 46.9 Å². The maximum atomic E-state index is 12.7. The highest BCUT2D eigenvalue weighted by molar-refractivity contribution is 8.18. The van der Waals surface area contributed by atoms with Crippen molar-refractivity contribution >= 4 is 45.7 Å². The van der Waals surface area contributed by atoms with Crippen LogP contribution in [0, 0.1) is 0 Å². The van der Waals surface area contributed by atoms with Gasteiger partial charge in [-0.3, -0.25) is 14.5 Å². The minimum absolute atomic E-state index is 0.188. The molecule has 0 radical (unpaired) electrons. The van der Waals surface area contributed by atoms with Gasteiger partial charge in [0.1, 0.15) is 11.8 Å². The molecule has 0 aliphatic carbocycles. The molecule has 1 fully saturated rings. The monoisotopic (exact) mass is 385 g/mol. The molecule has 0 unspecified atom stereocenters. The van der Waals surface area contributed by atoms with Gasteiger partial charge in [0.05, 0.1) is 18.6 Å². The van der Waals surface area contributed by atoms with E-state index in [2.05, 4.69) is 0 Å². The van der Waals surface area contributed by atoms with E-state index in [-0.39, 0.29) is 11.5 Å². The average molecular weight is 385 g/mol. The minimum Gasteiger partial charge on any atom is -0.496 e. The summed E-state index contributed by atoms with van der Waals surface area (Å²) in [6.07, 6.45) is 1.67. The van der Waals surface area contributed by atoms with Crippen molar-refractivity contribution in [2.75, 3.05) is 13.7 Å². The lowest BCUT2D eigenvalue weighted by Crippen LogP contribution is -2.42. The highest BCUT2D eigenvalue weighted by Crippen LogP contribution is 2.36. The van der Waals surface area contributed by atoms with Gasteiger partial charge in [0.25, 0.3) is 11.1 Å². The maximum absolute atomic E-state index is 12.7. The summed E-state index contributed by atoms with van der Waals surface area (Å²) in [5.41, 5.74) is 0.792. The van der Waals surface area contributed by atoms with Crippen LogP contribution < -0.4 is 4.74 Å². The zero-order chi connectivity index (χ0) is 19.6. The average Bonchev–Trinajstić information content (AvgIpc) is 2.95. The Morgan fingerprint density at radius 1 is 1.19 bits per heavy atom. The first-order chi connectivity index (χ1) is 13.0. The van der Waals surface area contributed by atoms with Crippen molar-refractivity contribution in [2.45, 2.75) is 19.9 Å². The van der Waals surface area contributed by atoms with E-state index in [0.29, 0.717) is 0 Å². The maximum Gasteiger partial charge on any atom is 0.329 e. The third-order valence-electron chi connectivity index (χ3n) is 4.26. The Kier molecular flexibility index (Phi) is 5.51. The number of imide groups is 1. The second kappa shape index (κ2) is 7.84. The number of thioether (sulfide) groups is 1. The Balaban J connectivity index is 1.97. The van der Waals surface area contributed by atoms with Crippen LogP contribution in [0.15, 0.2) is 41.3 Å². The quantitative estimate of drug-likeness (QED) is 0.575. The summed E-state index contributed by atoms with van der Waals surface area (Å²) in [4.78, 5) is 38.1. The topological polar surface area (TPSA) is 72.9 Å². The zero-order valence-corrected chi connectivity index (χ0v) is 16.0. The van der Waals surface area contributed by atoms with Crippen molar-refractivity contribution in [1.29, 1.82) is 0 Å². The van der Waals surface area contributed by atoms with Gasteiger partial charge in [-0.2, -0.15) is 0 Å². The highest BCUT2D eigenvalue weighted by atomic mass is 32.2. The Labute approximate surface area is 161 Å². The molecule has 0 N–H and O–H groups in total. The normalized spacial score (nSPS) is 16.9. The van der Waals surface area contributed by atoms with Crippen LogP contribution >= 0.6 is 11.8 Å². The van der Waals surface area contributed by atoms with Gasteiger partial charge in [-0.25, -0.2) is 4.79 Å². The predicted octanol–water partition coefficient (Wildman–Crippen LogP) is 3.84. The molecule has 0 aromatic heterocycles. The molecule has 7 heteroatoms. The van der Waals surface area contributed by atoms with Gasteiger partial charge in [0.2, 0.25) is 0 Å². The molecule has 140 valence electrons. The van der Waals surface area contributed by atoms with Gasteiger partial charge >= 0.3 is 5.97 Å². The van der Waals surface area contributed by atoms with E-state index in [4.69, 9.17) is 9.47 Å². The molecule has 0 saturated carbocycles. The summed E-state index contributed by atoms with van der Waals surface area (Å²) in [5.74, 6) is -0.367. The van der Waals surface area contributed by atoms with E-state index >= 15 is 0 Å². The molecule has 1 aliphatic heterocycles. The number of methoxy groups -OCH3 is 1. The van der Waals surface area contributed by atoms with Crippen LogP contribution in [-0.2, 0) is 14.3 Å². The van der Waals surface area contributed by atoms with Crippen molar-refractivity contribution in [3.63, 3.8) is 0 Å². The zero-order valence-electron chi connectivity index (χ0n) is 15.2. The summed E-state index contributed by atoms with van der Waals surface area (Å²) in [6, 6.07) is 10.4. The number of rotatable bonds is 5. The molecule has 0 spiro atoms. The van der Waals surface area contributed by atoms with Crippen LogP contribution in [0.4, 0.5) is 4.79 Å². The summed E-state index contributed by atoms with van der Waals surface area (Å²) in [7, 11) is 1.60. The Bertz CT molecular complexity index is 953. The van der Waals surface area contributed by atoms with Gasteiger partial charge in [0, 0.05) is 5.39 Å². The third-order valence-corrected chi connectivity index (χ3v) is 5.15. The number of hydrogen-bond donors (Lipinski definition) is 0. The second-order valence-corrected chi connectivity index (χ2v) is 6.88.